The molecule has 4 rings (SSSR count). The van der Waals surface area contributed by atoms with Gasteiger partial charge in [-0.15, -0.1) is 11.3 Å². The molecule has 0 fully saturated rings. The molecule has 0 saturated carbocycles. The Morgan fingerprint density at radius 1 is 1.38 bits per heavy atom. The maximum atomic E-state index is 12.3. The molecule has 1 unspecified atom stereocenters. The van der Waals surface area contributed by atoms with Gasteiger partial charge in [-0.25, -0.2) is 9.97 Å². The van der Waals surface area contributed by atoms with Crippen LogP contribution >= 0.6 is 11.3 Å². The van der Waals surface area contributed by atoms with Gasteiger partial charge in [0.05, 0.1) is 37.1 Å². The van der Waals surface area contributed by atoms with E-state index in [0.29, 0.717) is 6.61 Å². The first-order chi connectivity index (χ1) is 15.5. The summed E-state index contributed by atoms with van der Waals surface area (Å²) in [5.74, 6) is 0.303. The number of aromatic nitrogens is 3. The summed E-state index contributed by atoms with van der Waals surface area (Å²) in [5, 5.41) is 11.7. The summed E-state index contributed by atoms with van der Waals surface area (Å²) >= 11 is 1.60. The fraction of sp³-hybridized carbons (Fsp3) is 0.435. The topological polar surface area (TPSA) is 98.5 Å². The number of aryl methyl sites for hydroxylation is 2. The molecule has 0 aliphatic heterocycles. The predicted octanol–water partition coefficient (Wildman–Crippen LogP) is 4.37. The number of nitrogens with one attached hydrogen (secondary N) is 1. The van der Waals surface area contributed by atoms with Gasteiger partial charge < -0.3 is 24.5 Å². The maximum Gasteiger partial charge on any atom is 0.315 e. The highest BCUT2D eigenvalue weighted by Crippen LogP contribution is 2.38. The molecule has 2 heterocycles. The number of aliphatic hydroxyl groups is 1. The van der Waals surface area contributed by atoms with Gasteiger partial charge in [-0.3, -0.25) is 4.79 Å². The first-order valence-electron chi connectivity index (χ1n) is 10.7. The van der Waals surface area contributed by atoms with Gasteiger partial charge in [-0.2, -0.15) is 0 Å². The van der Waals surface area contributed by atoms with Crippen LogP contribution in [-0.2, 0) is 16.0 Å². The molecule has 3 aromatic rings. The van der Waals surface area contributed by atoms with Crippen molar-refractivity contribution < 1.29 is 19.4 Å². The lowest BCUT2D eigenvalue weighted by Gasteiger charge is -2.19. The smallest absolute Gasteiger partial charge is 0.315 e. The summed E-state index contributed by atoms with van der Waals surface area (Å²) in [7, 11) is 1.65. The number of hydrogen-bond donors (Lipinski definition) is 2. The number of fused-ring (bicyclic) bond motifs is 1. The highest BCUT2D eigenvalue weighted by molar-refractivity contribution is 7.15. The second-order valence-corrected chi connectivity index (χ2v) is 8.36. The molecule has 2 N–H and O–H groups in total. The fourth-order valence-electron chi connectivity index (χ4n) is 3.59. The lowest BCUT2D eigenvalue weighted by atomic mass is 9.91. The normalized spacial score (nSPS) is 14.7. The first-order valence-corrected chi connectivity index (χ1v) is 11.5. The van der Waals surface area contributed by atoms with Crippen LogP contribution in [0.25, 0.3) is 5.69 Å². The van der Waals surface area contributed by atoms with Crippen LogP contribution in [0.1, 0.15) is 48.9 Å². The van der Waals surface area contributed by atoms with E-state index in [1.165, 1.54) is 0 Å². The molecule has 0 spiro atoms. The number of carbonyl (C=O) groups is 1. The number of nitrogens with zero attached hydrogens (tertiary/aromatic N) is 3. The Balaban J connectivity index is 0.000000913. The second kappa shape index (κ2) is 11.1. The van der Waals surface area contributed by atoms with E-state index in [9.17, 15) is 4.79 Å². The summed E-state index contributed by atoms with van der Waals surface area (Å²) < 4.78 is 12.7. The van der Waals surface area contributed by atoms with Gasteiger partial charge in [-0.05, 0) is 52.2 Å². The summed E-state index contributed by atoms with van der Waals surface area (Å²) in [5.41, 5.74) is 3.60. The van der Waals surface area contributed by atoms with Crippen LogP contribution in [0.15, 0.2) is 30.7 Å². The Bertz CT molecular complexity index is 1050. The number of thiazole rings is 1. The molecule has 1 aliphatic rings. The van der Waals surface area contributed by atoms with Crippen LogP contribution in [0.5, 0.6) is 5.75 Å². The molecule has 32 heavy (non-hydrogen) atoms. The third-order valence-electron chi connectivity index (χ3n) is 4.95. The average molecular weight is 459 g/mol. The minimum absolute atomic E-state index is 0.174. The molecule has 1 aliphatic carbocycles. The second-order valence-electron chi connectivity index (χ2n) is 7.27. The van der Waals surface area contributed by atoms with Crippen molar-refractivity contribution in [2.45, 2.75) is 46.0 Å². The minimum Gasteiger partial charge on any atom is -0.494 e. The van der Waals surface area contributed by atoms with Crippen molar-refractivity contribution in [2.24, 2.45) is 0 Å². The molecular weight excluding hydrogens is 428 g/mol. The Kier molecular flexibility index (Phi) is 8.24. The number of esters is 1. The number of ether oxygens (including phenoxy) is 2. The van der Waals surface area contributed by atoms with Gasteiger partial charge in [0.25, 0.3) is 0 Å². The zero-order valence-electron chi connectivity index (χ0n) is 18.9. The highest BCUT2D eigenvalue weighted by atomic mass is 32.1. The zero-order valence-corrected chi connectivity index (χ0v) is 19.7. The number of carbonyl (C=O) groups excluding carboxylic acids is 1. The third-order valence-corrected chi connectivity index (χ3v) is 5.99. The van der Waals surface area contributed by atoms with E-state index < -0.39 is 0 Å². The Hall–Kier alpha value is -2.91. The highest BCUT2D eigenvalue weighted by Gasteiger charge is 2.31. The van der Waals surface area contributed by atoms with Crippen LogP contribution in [0.2, 0.25) is 0 Å². The van der Waals surface area contributed by atoms with Crippen molar-refractivity contribution in [1.82, 2.24) is 14.5 Å². The number of methoxy groups -OCH3 is 1. The molecule has 172 valence electrons. The maximum absolute atomic E-state index is 12.3. The van der Waals surface area contributed by atoms with Crippen molar-refractivity contribution >= 4 is 28.1 Å². The van der Waals surface area contributed by atoms with Crippen molar-refractivity contribution in [3.05, 3.63) is 47.0 Å². The van der Waals surface area contributed by atoms with Gasteiger partial charge in [0.15, 0.2) is 5.13 Å². The zero-order chi connectivity index (χ0) is 23.1. The Morgan fingerprint density at radius 3 is 2.81 bits per heavy atom. The van der Waals surface area contributed by atoms with E-state index in [2.05, 4.69) is 10.3 Å². The molecule has 0 bridgehead atoms. The molecule has 0 radical (unpaired) electrons. The monoisotopic (exact) mass is 458 g/mol. The standard InChI is InChI=1S/C21H24N4O3S.C2H6O/c1-4-28-20(26)15-6-5-7-18-19(15)24-21(29-18)23-14-8-9-16(17(10-14)27-3)25-11-13(2)22-12-25;1-2-3/h8-12,15H,4-7H2,1-3H3,(H,23,24);3H,2H2,1H3. The van der Waals surface area contributed by atoms with E-state index >= 15 is 0 Å². The van der Waals surface area contributed by atoms with Crippen LogP contribution in [-0.4, -0.2) is 45.9 Å². The fourth-order valence-corrected chi connectivity index (χ4v) is 4.67. The molecule has 0 saturated heterocycles. The van der Waals surface area contributed by atoms with Crippen LogP contribution in [0.4, 0.5) is 10.8 Å². The number of anilines is 2. The molecular formula is C23H30N4O4S. The van der Waals surface area contributed by atoms with Gasteiger partial charge in [-0.1, -0.05) is 0 Å². The van der Waals surface area contributed by atoms with Gasteiger partial charge in [0.2, 0.25) is 0 Å². The van der Waals surface area contributed by atoms with Crippen molar-refractivity contribution in [3.8, 4) is 11.4 Å². The molecule has 8 nitrogen and oxygen atoms in total. The SMILES string of the molecule is CCO.CCOC(=O)C1CCCc2sc(Nc3ccc(-n4cnc(C)c4)c(OC)c3)nc21. The quantitative estimate of drug-likeness (QED) is 0.529. The third kappa shape index (κ3) is 5.46. The molecule has 1 atom stereocenters. The number of imidazole rings is 1. The lowest BCUT2D eigenvalue weighted by molar-refractivity contribution is -0.145. The van der Waals surface area contributed by atoms with E-state index in [-0.39, 0.29) is 18.5 Å². The van der Waals surface area contributed by atoms with Gasteiger partial charge in [0.1, 0.15) is 11.7 Å². The number of rotatable bonds is 6. The number of aliphatic hydroxyl groups excluding tert-OH is 1. The van der Waals surface area contributed by atoms with Crippen molar-refractivity contribution in [2.75, 3.05) is 25.6 Å². The summed E-state index contributed by atoms with van der Waals surface area (Å²) in [4.78, 5) is 22.4. The molecule has 9 heteroatoms. The molecule has 1 aromatic carbocycles. The number of benzene rings is 1. The van der Waals surface area contributed by atoms with Crippen LogP contribution in [0, 0.1) is 6.92 Å². The molecule has 2 aromatic heterocycles. The lowest BCUT2D eigenvalue weighted by Crippen LogP contribution is -2.20. The predicted molar refractivity (Wildman–Crippen MR) is 125 cm³/mol. The molecule has 0 amide bonds. The van der Waals surface area contributed by atoms with E-state index in [1.54, 1.807) is 31.7 Å². The Labute approximate surface area is 192 Å². The summed E-state index contributed by atoms with van der Waals surface area (Å²) in [6.07, 6.45) is 6.44. The largest absolute Gasteiger partial charge is 0.494 e. The summed E-state index contributed by atoms with van der Waals surface area (Å²) in [6, 6.07) is 5.90. The minimum atomic E-state index is -0.258. The van der Waals surface area contributed by atoms with Gasteiger partial charge >= 0.3 is 5.97 Å². The van der Waals surface area contributed by atoms with E-state index in [1.807, 2.05) is 42.8 Å². The van der Waals surface area contributed by atoms with Gasteiger partial charge in [0, 0.05) is 29.4 Å². The van der Waals surface area contributed by atoms with Crippen molar-refractivity contribution in [1.29, 1.82) is 0 Å². The van der Waals surface area contributed by atoms with Crippen molar-refractivity contribution in [3.63, 3.8) is 0 Å². The number of hydrogen-bond acceptors (Lipinski definition) is 8. The van der Waals surface area contributed by atoms with Crippen LogP contribution in [0.3, 0.4) is 0 Å². The Morgan fingerprint density at radius 2 is 2.16 bits per heavy atom. The van der Waals surface area contributed by atoms with E-state index in [0.717, 1.165) is 57.8 Å². The summed E-state index contributed by atoms with van der Waals surface area (Å²) in [6.45, 7) is 6.10. The average Bonchev–Trinajstić information content (AvgIpc) is 3.39. The van der Waals surface area contributed by atoms with E-state index in [4.69, 9.17) is 19.6 Å². The van der Waals surface area contributed by atoms with Crippen LogP contribution < -0.4 is 10.1 Å². The first kappa shape index (κ1) is 23.7.